The van der Waals surface area contributed by atoms with Gasteiger partial charge in [-0.05, 0) is 107 Å². The maximum absolute atomic E-state index is 13.4. The van der Waals surface area contributed by atoms with E-state index in [1.165, 1.54) is 5.57 Å². The molecule has 10 heteroatoms. The number of nitrogens with zero attached hydrogens (tertiary/aromatic N) is 4. The summed E-state index contributed by atoms with van der Waals surface area (Å²) in [5, 5.41) is 15.0. The number of hydrogen-bond acceptors (Lipinski definition) is 7. The first kappa shape index (κ1) is 34.9. The average molecular weight is 630 g/mol. The first-order valence-corrected chi connectivity index (χ1v) is 16.3. The van der Waals surface area contributed by atoms with Crippen LogP contribution in [-0.2, 0) is 21.5 Å². The minimum Gasteiger partial charge on any atom is -0.399 e. The van der Waals surface area contributed by atoms with Crippen molar-refractivity contribution in [2.75, 3.05) is 27.2 Å². The summed E-state index contributed by atoms with van der Waals surface area (Å²) in [5.74, 6) is 1.11. The van der Waals surface area contributed by atoms with Gasteiger partial charge >= 0.3 is 0 Å². The number of benzene rings is 1. The molecule has 1 heterocycles. The van der Waals surface area contributed by atoms with Crippen molar-refractivity contribution in [3.05, 3.63) is 70.0 Å². The molecular weight excluding hydrogens is 578 g/mol. The summed E-state index contributed by atoms with van der Waals surface area (Å²) in [6.45, 7) is 14.9. The Kier molecular flexibility index (Phi) is 10.8. The van der Waals surface area contributed by atoms with Crippen LogP contribution in [0.4, 0.5) is 0 Å². The van der Waals surface area contributed by atoms with E-state index in [2.05, 4.69) is 51.7 Å². The van der Waals surface area contributed by atoms with Crippen LogP contribution in [0.5, 0.6) is 0 Å². The number of fused-ring (bicyclic) bond motifs is 2. The van der Waals surface area contributed by atoms with Crippen LogP contribution in [0, 0.1) is 23.2 Å². The van der Waals surface area contributed by atoms with Gasteiger partial charge in [-0.15, -0.1) is 0 Å². The Morgan fingerprint density at radius 2 is 2.04 bits per heavy atom. The molecule has 46 heavy (non-hydrogen) atoms. The molecule has 0 spiro atoms. The van der Waals surface area contributed by atoms with Crippen molar-refractivity contribution in [1.82, 2.24) is 15.3 Å². The number of rotatable bonds is 12. The number of amides is 2. The molecule has 248 valence electrons. The van der Waals surface area contributed by atoms with Gasteiger partial charge in [-0.25, -0.2) is 5.06 Å². The van der Waals surface area contributed by atoms with Crippen molar-refractivity contribution < 1.29 is 14.4 Å². The largest absolute Gasteiger partial charge is 0.399 e. The second-order valence-electron chi connectivity index (χ2n) is 13.3. The Morgan fingerprint density at radius 1 is 1.33 bits per heavy atom. The quantitative estimate of drug-likeness (QED) is 0.0786. The highest BCUT2D eigenvalue weighted by Crippen LogP contribution is 2.53. The first-order valence-electron chi connectivity index (χ1n) is 16.3. The molecule has 5 atom stereocenters. The molecule has 0 bridgehead atoms. The molecule has 1 saturated heterocycles. The lowest BCUT2D eigenvalue weighted by Gasteiger charge is -2.43. The Labute approximate surface area is 274 Å². The minimum atomic E-state index is -0.761. The second kappa shape index (κ2) is 14.2. The molecule has 5 unspecified atom stereocenters. The fourth-order valence-electron chi connectivity index (χ4n) is 7.68. The van der Waals surface area contributed by atoms with Crippen molar-refractivity contribution in [2.24, 2.45) is 28.3 Å². The number of hydrogen-bond donors (Lipinski definition) is 3. The van der Waals surface area contributed by atoms with Crippen LogP contribution in [0.3, 0.4) is 0 Å². The Balaban J connectivity index is 1.79. The van der Waals surface area contributed by atoms with Crippen LogP contribution >= 0.6 is 0 Å². The lowest BCUT2D eigenvalue weighted by molar-refractivity contribution is -0.131. The lowest BCUT2D eigenvalue weighted by atomic mass is 9.68. The third-order valence-electron chi connectivity index (χ3n) is 10.4. The molecule has 1 aromatic carbocycles. The van der Waals surface area contributed by atoms with Crippen LogP contribution in [0.2, 0.25) is 0 Å². The number of allylic oxidation sites excluding steroid dienone is 3. The number of primary amides is 1. The van der Waals surface area contributed by atoms with Gasteiger partial charge in [0.2, 0.25) is 11.8 Å². The van der Waals surface area contributed by atoms with Crippen molar-refractivity contribution in [2.45, 2.75) is 90.3 Å². The third-order valence-corrected chi connectivity index (χ3v) is 10.4. The fourth-order valence-corrected chi connectivity index (χ4v) is 7.68. The molecule has 4 rings (SSSR count). The van der Waals surface area contributed by atoms with Crippen LogP contribution in [0.1, 0.15) is 81.8 Å². The summed E-state index contributed by atoms with van der Waals surface area (Å²) >= 11 is 0. The normalized spacial score (nSPS) is 25.9. The van der Waals surface area contributed by atoms with E-state index in [0.717, 1.165) is 41.0 Å². The van der Waals surface area contributed by atoms with Crippen molar-refractivity contribution >= 4 is 17.6 Å². The maximum Gasteiger partial charge on any atom is 0.248 e. The number of hydroxylamine groups is 2. The lowest BCUT2D eigenvalue weighted by Crippen LogP contribution is -2.52. The molecule has 3 aliphatic rings. The average Bonchev–Trinajstić information content (AvgIpc) is 3.49. The SMILES string of the molecule is C=C(N)/C(C)=C/CC1=C(C)C(CCNCC(=O)N2C(C#N)CC3C(C)C32)(C(=NC)N(OC)C(C)C)c2ccc(C(N)=O)cc2CC1. The zero-order chi connectivity index (χ0) is 33.9. The van der Waals surface area contributed by atoms with Crippen LogP contribution in [0.25, 0.3) is 0 Å². The van der Waals surface area contributed by atoms with E-state index in [1.54, 1.807) is 25.1 Å². The molecular formula is C36H51N7O3. The highest BCUT2D eigenvalue weighted by Gasteiger charge is 2.60. The number of nitrogens with one attached hydrogen (secondary N) is 1. The van der Waals surface area contributed by atoms with Gasteiger partial charge in [0.05, 0.1) is 31.2 Å². The number of carbonyl (C=O) groups is 2. The Bertz CT molecular complexity index is 1500. The molecule has 1 aromatic rings. The summed E-state index contributed by atoms with van der Waals surface area (Å²) in [6, 6.07) is 7.82. The van der Waals surface area contributed by atoms with Gasteiger partial charge in [-0.3, -0.25) is 19.4 Å². The van der Waals surface area contributed by atoms with E-state index < -0.39 is 11.3 Å². The number of likely N-dealkylation sites (tertiary alicyclic amines) is 1. The van der Waals surface area contributed by atoms with E-state index >= 15 is 0 Å². The van der Waals surface area contributed by atoms with Gasteiger partial charge < -0.3 is 21.7 Å². The summed E-state index contributed by atoms with van der Waals surface area (Å²) in [7, 11) is 3.43. The first-order chi connectivity index (χ1) is 21.8. The molecule has 1 saturated carbocycles. The topological polar surface area (TPSA) is 150 Å². The predicted octanol–water partition coefficient (Wildman–Crippen LogP) is 4.13. The second-order valence-corrected chi connectivity index (χ2v) is 13.3. The molecule has 0 aromatic heterocycles. The smallest absolute Gasteiger partial charge is 0.248 e. The van der Waals surface area contributed by atoms with Gasteiger partial charge in [0.1, 0.15) is 11.9 Å². The van der Waals surface area contributed by atoms with Gasteiger partial charge in [0, 0.05) is 24.4 Å². The van der Waals surface area contributed by atoms with Crippen molar-refractivity contribution in [1.29, 1.82) is 5.26 Å². The van der Waals surface area contributed by atoms with E-state index in [0.29, 0.717) is 48.9 Å². The van der Waals surface area contributed by atoms with E-state index in [9.17, 15) is 14.9 Å². The molecule has 2 fully saturated rings. The molecule has 0 radical (unpaired) electrons. The highest BCUT2D eigenvalue weighted by molar-refractivity contribution is 5.98. The predicted molar refractivity (Wildman–Crippen MR) is 181 cm³/mol. The van der Waals surface area contributed by atoms with Gasteiger partial charge in [-0.1, -0.05) is 36.8 Å². The number of amidine groups is 1. The monoisotopic (exact) mass is 629 g/mol. The third kappa shape index (κ3) is 6.49. The Hall–Kier alpha value is -3.94. The highest BCUT2D eigenvalue weighted by atomic mass is 16.7. The van der Waals surface area contributed by atoms with Crippen molar-refractivity contribution in [3.8, 4) is 6.07 Å². The number of aliphatic imine (C=N–C) groups is 1. The molecule has 2 aliphatic carbocycles. The van der Waals surface area contributed by atoms with E-state index in [-0.39, 0.29) is 30.6 Å². The number of aryl methyl sites for hydroxylation is 1. The van der Waals surface area contributed by atoms with Gasteiger partial charge in [-0.2, -0.15) is 5.26 Å². The minimum absolute atomic E-state index is 0.0304. The van der Waals surface area contributed by atoms with Crippen LogP contribution in [0.15, 0.2) is 58.3 Å². The number of carbonyl (C=O) groups excluding carboxylic acids is 2. The zero-order valence-electron chi connectivity index (χ0n) is 28.5. The number of nitriles is 1. The van der Waals surface area contributed by atoms with Crippen LogP contribution in [-0.4, -0.2) is 73.0 Å². The van der Waals surface area contributed by atoms with Crippen LogP contribution < -0.4 is 16.8 Å². The summed E-state index contributed by atoms with van der Waals surface area (Å²) in [5.41, 5.74) is 17.3. The number of nitrogens with two attached hydrogens (primary N) is 2. The van der Waals surface area contributed by atoms with Crippen molar-refractivity contribution in [3.63, 3.8) is 0 Å². The standard InChI is InChI=1S/C36H51N7O3/c1-21(2)43(46-8)35(40-7)36(15-16-41-20-32(44)42-29(19-37)18-30-23(4)33(30)42)24(5)26(10-9-22(3)25(6)38)11-12-27-17-28(34(39)45)13-14-31(27)36/h9,13-14,17,21,23,29-30,33,41H,6,10-12,15-16,18,20,38H2,1-5,7-8H3,(H2,39,45)/b22-9+,40-35?. The zero-order valence-corrected chi connectivity index (χ0v) is 28.5. The molecule has 2 amide bonds. The summed E-state index contributed by atoms with van der Waals surface area (Å²) in [4.78, 5) is 38.4. The fraction of sp³-hybridized carbons (Fsp3) is 0.556. The Morgan fingerprint density at radius 3 is 2.63 bits per heavy atom. The number of piperidine rings is 1. The van der Waals surface area contributed by atoms with E-state index in [4.69, 9.17) is 21.3 Å². The molecule has 10 nitrogen and oxygen atoms in total. The van der Waals surface area contributed by atoms with Gasteiger partial charge in [0.15, 0.2) is 0 Å². The molecule has 1 aliphatic heterocycles. The maximum atomic E-state index is 13.4. The summed E-state index contributed by atoms with van der Waals surface area (Å²) < 4.78 is 0. The molecule has 5 N–H and O–H groups in total. The van der Waals surface area contributed by atoms with E-state index in [1.807, 2.05) is 24.1 Å². The summed E-state index contributed by atoms with van der Waals surface area (Å²) in [6.07, 6.45) is 5.60. The van der Waals surface area contributed by atoms with Gasteiger partial charge in [0.25, 0.3) is 0 Å².